The van der Waals surface area contributed by atoms with Crippen molar-refractivity contribution in [2.45, 2.75) is 18.8 Å². The largest absolute Gasteiger partial charge is 0.475 e. The van der Waals surface area contributed by atoms with E-state index < -0.39 is 0 Å². The zero-order chi connectivity index (χ0) is 16.8. The molecular formula is C17H21N3O3S. The molecule has 1 atom stereocenters. The Labute approximate surface area is 145 Å². The maximum absolute atomic E-state index is 12.7. The summed E-state index contributed by atoms with van der Waals surface area (Å²) in [5.41, 5.74) is 0.592. The van der Waals surface area contributed by atoms with Gasteiger partial charge in [-0.25, -0.2) is 9.97 Å². The Hall–Kier alpha value is -1.99. The molecule has 6 nitrogen and oxygen atoms in total. The van der Waals surface area contributed by atoms with Crippen LogP contribution < -0.4 is 4.74 Å². The van der Waals surface area contributed by atoms with Gasteiger partial charge < -0.3 is 14.4 Å². The first-order valence-corrected chi connectivity index (χ1v) is 8.92. The summed E-state index contributed by atoms with van der Waals surface area (Å²) >= 11 is 1.66. The van der Waals surface area contributed by atoms with Crippen LogP contribution in [0.25, 0.3) is 0 Å². The lowest BCUT2D eigenvalue weighted by atomic mass is 9.98. The number of carbonyl (C=O) groups is 1. The Morgan fingerprint density at radius 3 is 3.00 bits per heavy atom. The average molecular weight is 347 g/mol. The van der Waals surface area contributed by atoms with E-state index in [9.17, 15) is 4.79 Å². The highest BCUT2D eigenvalue weighted by Gasteiger charge is 2.26. The number of methoxy groups -OCH3 is 1. The van der Waals surface area contributed by atoms with Gasteiger partial charge in [-0.05, 0) is 18.9 Å². The number of amides is 1. The molecule has 0 spiro atoms. The Bertz CT molecular complexity index is 646. The van der Waals surface area contributed by atoms with Gasteiger partial charge in [-0.2, -0.15) is 0 Å². The molecule has 128 valence electrons. The Kier molecular flexibility index (Phi) is 5.77. The smallest absolute Gasteiger partial charge is 0.255 e. The molecule has 0 N–H and O–H groups in total. The molecule has 1 fully saturated rings. The minimum Gasteiger partial charge on any atom is -0.475 e. The van der Waals surface area contributed by atoms with Gasteiger partial charge >= 0.3 is 0 Å². The topological polar surface area (TPSA) is 64.6 Å². The van der Waals surface area contributed by atoms with Crippen molar-refractivity contribution < 1.29 is 14.3 Å². The van der Waals surface area contributed by atoms with Crippen LogP contribution in [0.2, 0.25) is 0 Å². The minimum atomic E-state index is 0.0206. The average Bonchev–Trinajstić information content (AvgIpc) is 3.17. The fourth-order valence-corrected chi connectivity index (χ4v) is 3.57. The molecule has 0 bridgehead atoms. The van der Waals surface area contributed by atoms with E-state index in [1.54, 1.807) is 36.8 Å². The van der Waals surface area contributed by atoms with Crippen molar-refractivity contribution in [3.8, 4) is 5.88 Å². The molecule has 0 aliphatic carbocycles. The van der Waals surface area contributed by atoms with Crippen LogP contribution >= 0.6 is 11.3 Å². The molecule has 7 heteroatoms. The molecule has 1 amide bonds. The van der Waals surface area contributed by atoms with Crippen molar-refractivity contribution >= 4 is 17.2 Å². The van der Waals surface area contributed by atoms with Crippen molar-refractivity contribution in [1.29, 1.82) is 0 Å². The highest BCUT2D eigenvalue weighted by atomic mass is 32.1. The summed E-state index contributed by atoms with van der Waals surface area (Å²) in [7, 11) is 1.62. The molecule has 0 aromatic carbocycles. The fourth-order valence-electron chi connectivity index (χ4n) is 2.80. The number of nitrogens with zero attached hydrogens (tertiary/aromatic N) is 3. The molecule has 2 aromatic heterocycles. The van der Waals surface area contributed by atoms with Crippen molar-refractivity contribution in [1.82, 2.24) is 14.9 Å². The normalized spacial score (nSPS) is 17.7. The summed E-state index contributed by atoms with van der Waals surface area (Å²) in [6, 6.07) is 3.50. The minimum absolute atomic E-state index is 0.0206. The van der Waals surface area contributed by atoms with E-state index in [-0.39, 0.29) is 5.91 Å². The number of ether oxygens (including phenoxy) is 2. The third-order valence-corrected chi connectivity index (χ3v) is 4.97. The first-order chi connectivity index (χ1) is 11.8. The molecule has 3 heterocycles. The Morgan fingerprint density at radius 1 is 1.38 bits per heavy atom. The molecule has 2 aromatic rings. The lowest BCUT2D eigenvalue weighted by Gasteiger charge is -2.31. The van der Waals surface area contributed by atoms with Gasteiger partial charge in [0.1, 0.15) is 6.61 Å². The number of rotatable bonds is 6. The predicted molar refractivity (Wildman–Crippen MR) is 91.6 cm³/mol. The second-order valence-electron chi connectivity index (χ2n) is 5.69. The lowest BCUT2D eigenvalue weighted by Crippen LogP contribution is -2.39. The molecule has 0 radical (unpaired) electrons. The Morgan fingerprint density at radius 2 is 2.29 bits per heavy atom. The van der Waals surface area contributed by atoms with Crippen LogP contribution in [0, 0.1) is 0 Å². The van der Waals surface area contributed by atoms with Crippen molar-refractivity contribution in [2.75, 3.05) is 33.4 Å². The van der Waals surface area contributed by atoms with Crippen LogP contribution in [0.15, 0.2) is 29.9 Å². The molecule has 1 aliphatic rings. The van der Waals surface area contributed by atoms with Crippen LogP contribution in [0.5, 0.6) is 5.88 Å². The van der Waals surface area contributed by atoms with Crippen LogP contribution in [-0.4, -0.2) is 54.2 Å². The van der Waals surface area contributed by atoms with Crippen molar-refractivity contribution in [3.05, 3.63) is 40.5 Å². The van der Waals surface area contributed by atoms with Crippen LogP contribution in [0.4, 0.5) is 0 Å². The second-order valence-corrected chi connectivity index (χ2v) is 6.61. The first-order valence-electron chi connectivity index (χ1n) is 8.04. The van der Waals surface area contributed by atoms with Crippen molar-refractivity contribution in [3.63, 3.8) is 0 Å². The zero-order valence-electron chi connectivity index (χ0n) is 13.7. The third-order valence-electron chi connectivity index (χ3n) is 4.03. The summed E-state index contributed by atoms with van der Waals surface area (Å²) in [5, 5.41) is 3.11. The molecular weight excluding hydrogens is 326 g/mol. The highest BCUT2D eigenvalue weighted by molar-refractivity contribution is 7.09. The standard InChI is InChI=1S/C17H21N3O3S/c1-22-8-9-23-15-5-4-13(11-19-15)17(21)20-7-2-3-14(12-20)16-18-6-10-24-16/h4-6,10-11,14H,2-3,7-9,12H2,1H3/t14-/m1/s1. The summed E-state index contributed by atoms with van der Waals surface area (Å²) < 4.78 is 10.4. The number of carbonyl (C=O) groups excluding carboxylic acids is 1. The van der Waals surface area contributed by atoms with E-state index in [1.807, 2.05) is 16.5 Å². The van der Waals surface area contributed by atoms with Gasteiger partial charge in [0.05, 0.1) is 17.2 Å². The molecule has 24 heavy (non-hydrogen) atoms. The summed E-state index contributed by atoms with van der Waals surface area (Å²) in [6.45, 7) is 2.46. The molecule has 1 aliphatic heterocycles. The van der Waals surface area contributed by atoms with Gasteiger partial charge in [0.15, 0.2) is 0 Å². The maximum Gasteiger partial charge on any atom is 0.255 e. The quantitative estimate of drug-likeness (QED) is 0.752. The molecule has 3 rings (SSSR count). The van der Waals surface area contributed by atoms with Crippen LogP contribution in [0.3, 0.4) is 0 Å². The third kappa shape index (κ3) is 4.10. The predicted octanol–water partition coefficient (Wildman–Crippen LogP) is 2.58. The SMILES string of the molecule is COCCOc1ccc(C(=O)N2CCC[C@@H](c3nccs3)C2)cn1. The van der Waals surface area contributed by atoms with E-state index in [4.69, 9.17) is 9.47 Å². The van der Waals surface area contributed by atoms with E-state index in [0.717, 1.165) is 30.9 Å². The molecule has 0 unspecified atom stereocenters. The molecule has 1 saturated heterocycles. The summed E-state index contributed by atoms with van der Waals surface area (Å²) in [5.74, 6) is 0.863. The van der Waals surface area contributed by atoms with Gasteiger partial charge in [0.25, 0.3) is 5.91 Å². The van der Waals surface area contributed by atoms with E-state index in [1.165, 1.54) is 0 Å². The number of pyridine rings is 1. The zero-order valence-corrected chi connectivity index (χ0v) is 14.5. The van der Waals surface area contributed by atoms with Gasteiger partial charge in [-0.1, -0.05) is 0 Å². The van der Waals surface area contributed by atoms with E-state index in [0.29, 0.717) is 30.6 Å². The van der Waals surface area contributed by atoms with Gasteiger partial charge in [0, 0.05) is 50.0 Å². The number of likely N-dealkylation sites (tertiary alicyclic amines) is 1. The van der Waals surface area contributed by atoms with Crippen LogP contribution in [-0.2, 0) is 4.74 Å². The van der Waals surface area contributed by atoms with E-state index in [2.05, 4.69) is 9.97 Å². The van der Waals surface area contributed by atoms with Gasteiger partial charge in [-0.3, -0.25) is 4.79 Å². The molecule has 0 saturated carbocycles. The Balaban J connectivity index is 1.61. The number of hydrogen-bond acceptors (Lipinski definition) is 6. The summed E-state index contributed by atoms with van der Waals surface area (Å²) in [6.07, 6.45) is 5.49. The maximum atomic E-state index is 12.7. The number of hydrogen-bond donors (Lipinski definition) is 0. The number of aromatic nitrogens is 2. The van der Waals surface area contributed by atoms with Crippen molar-refractivity contribution in [2.24, 2.45) is 0 Å². The lowest BCUT2D eigenvalue weighted by molar-refractivity contribution is 0.0706. The first kappa shape index (κ1) is 16.9. The van der Waals surface area contributed by atoms with Crippen LogP contribution in [0.1, 0.15) is 34.1 Å². The number of piperidine rings is 1. The highest BCUT2D eigenvalue weighted by Crippen LogP contribution is 2.28. The fraction of sp³-hybridized carbons (Fsp3) is 0.471. The summed E-state index contributed by atoms with van der Waals surface area (Å²) in [4.78, 5) is 23.2. The second kappa shape index (κ2) is 8.21. The monoisotopic (exact) mass is 347 g/mol. The van der Waals surface area contributed by atoms with Gasteiger partial charge in [0.2, 0.25) is 5.88 Å². The van der Waals surface area contributed by atoms with Gasteiger partial charge in [-0.15, -0.1) is 11.3 Å². The number of thiazole rings is 1. The van der Waals surface area contributed by atoms with E-state index >= 15 is 0 Å².